The van der Waals surface area contributed by atoms with E-state index in [1.165, 1.54) is 0 Å². The Balaban J connectivity index is 0. The highest BCUT2D eigenvalue weighted by atomic mass is 28.4. The Kier molecular flexibility index (Phi) is 10.3. The molecule has 0 fully saturated rings. The number of rotatable bonds is 6. The fourth-order valence-corrected chi connectivity index (χ4v) is 2.93. The summed E-state index contributed by atoms with van der Waals surface area (Å²) < 4.78 is 11.1. The normalized spacial score (nSPS) is 13.4. The average molecular weight is 351 g/mol. The fourth-order valence-electron chi connectivity index (χ4n) is 0.976. The van der Waals surface area contributed by atoms with Crippen molar-refractivity contribution in [2.45, 2.75) is 77.8 Å². The van der Waals surface area contributed by atoms with E-state index < -0.39 is 16.6 Å². The van der Waals surface area contributed by atoms with Crippen molar-refractivity contribution in [1.82, 2.24) is 0 Å². The van der Waals surface area contributed by atoms with Crippen LogP contribution in [0.2, 0.25) is 36.3 Å². The Morgan fingerprint density at radius 2 is 1.23 bits per heavy atom. The molecule has 0 saturated heterocycles. The van der Waals surface area contributed by atoms with Crippen molar-refractivity contribution in [1.29, 1.82) is 0 Å². The lowest BCUT2D eigenvalue weighted by Crippen LogP contribution is -2.41. The van der Waals surface area contributed by atoms with Gasteiger partial charge in [-0.2, -0.15) is 0 Å². The van der Waals surface area contributed by atoms with Crippen molar-refractivity contribution in [3.63, 3.8) is 0 Å². The molecule has 1 N–H and O–H groups in total. The quantitative estimate of drug-likeness (QED) is 0.576. The maximum atomic E-state index is 10.1. The van der Waals surface area contributed by atoms with Crippen molar-refractivity contribution in [2.75, 3.05) is 19.8 Å². The van der Waals surface area contributed by atoms with Crippen LogP contribution in [0.1, 0.15) is 41.5 Å². The van der Waals surface area contributed by atoms with Crippen LogP contribution >= 0.6 is 0 Å². The molecule has 0 aliphatic rings. The van der Waals surface area contributed by atoms with Crippen molar-refractivity contribution < 1.29 is 18.8 Å². The topological polar surface area (TPSA) is 55.8 Å². The van der Waals surface area contributed by atoms with Gasteiger partial charge in [-0.3, -0.25) is 0 Å². The maximum Gasteiger partial charge on any atom is 0.192 e. The Morgan fingerprint density at radius 1 is 0.864 bits per heavy atom. The second kappa shape index (κ2) is 9.32. The van der Waals surface area contributed by atoms with Gasteiger partial charge in [0.05, 0.1) is 19.8 Å². The molecule has 0 atom stereocenters. The van der Waals surface area contributed by atoms with Gasteiger partial charge in [-0.05, 0) is 36.3 Å². The number of carbonyl (C=O) groups is 1. The van der Waals surface area contributed by atoms with E-state index in [-0.39, 0.29) is 23.3 Å². The smallest absolute Gasteiger partial charge is 0.192 e. The Labute approximate surface area is 139 Å². The van der Waals surface area contributed by atoms with E-state index in [9.17, 15) is 4.79 Å². The lowest BCUT2D eigenvalue weighted by molar-refractivity contribution is -0.109. The molecule has 0 amide bonds. The highest BCUT2D eigenvalue weighted by Gasteiger charge is 2.37. The molecule has 0 unspecified atom stereocenters. The van der Waals surface area contributed by atoms with Gasteiger partial charge in [-0.1, -0.05) is 41.5 Å². The molecule has 0 aliphatic heterocycles. The molecular formula is C16H38O4Si2. The molecule has 0 rings (SSSR count). The predicted octanol–water partition coefficient (Wildman–Crippen LogP) is 4.21. The van der Waals surface area contributed by atoms with E-state index in [1.54, 1.807) is 0 Å². The number of aldehydes is 1. The monoisotopic (exact) mass is 350 g/mol. The van der Waals surface area contributed by atoms with Crippen LogP contribution in [0.4, 0.5) is 0 Å². The zero-order chi connectivity index (χ0) is 18.2. The van der Waals surface area contributed by atoms with Gasteiger partial charge in [0.25, 0.3) is 0 Å². The minimum absolute atomic E-state index is 0.131. The standard InChI is InChI=1S/C8H20O2Si.C8H18O2Si/c2*1-8(2,3)11(4,5)10-7-6-9/h9H,6-7H2,1-5H3;6H,7H2,1-5H3. The average Bonchev–Trinajstić information content (AvgIpc) is 2.32. The second-order valence-corrected chi connectivity index (χ2v) is 18.2. The Bertz CT molecular complexity index is 315. The van der Waals surface area contributed by atoms with Gasteiger partial charge in [-0.25, -0.2) is 0 Å². The molecule has 4 nitrogen and oxygen atoms in total. The van der Waals surface area contributed by atoms with Crippen LogP contribution in [0.3, 0.4) is 0 Å². The van der Waals surface area contributed by atoms with Crippen LogP contribution in [0.25, 0.3) is 0 Å². The van der Waals surface area contributed by atoms with Gasteiger partial charge < -0.3 is 18.8 Å². The largest absolute Gasteiger partial charge is 0.414 e. The van der Waals surface area contributed by atoms with Gasteiger partial charge in [0.1, 0.15) is 6.29 Å². The lowest BCUT2D eigenvalue weighted by atomic mass is 10.2. The van der Waals surface area contributed by atoms with E-state index in [0.29, 0.717) is 6.61 Å². The minimum Gasteiger partial charge on any atom is -0.414 e. The molecule has 0 aliphatic carbocycles. The molecule has 0 heterocycles. The van der Waals surface area contributed by atoms with Gasteiger partial charge in [0, 0.05) is 0 Å². The Morgan fingerprint density at radius 3 is 1.50 bits per heavy atom. The summed E-state index contributed by atoms with van der Waals surface area (Å²) >= 11 is 0. The van der Waals surface area contributed by atoms with Crippen LogP contribution in [0.5, 0.6) is 0 Å². The summed E-state index contributed by atoms with van der Waals surface area (Å²) in [4.78, 5) is 10.1. The molecule has 6 heteroatoms. The predicted molar refractivity (Wildman–Crippen MR) is 99.4 cm³/mol. The maximum absolute atomic E-state index is 10.1. The third-order valence-corrected chi connectivity index (χ3v) is 13.7. The molecule has 0 radical (unpaired) electrons. The van der Waals surface area contributed by atoms with Crippen LogP contribution in [0.15, 0.2) is 0 Å². The second-order valence-electron chi connectivity index (χ2n) is 8.57. The first kappa shape index (κ1) is 24.2. The van der Waals surface area contributed by atoms with Gasteiger partial charge in [0.2, 0.25) is 0 Å². The molecular weight excluding hydrogens is 312 g/mol. The molecule has 0 aromatic carbocycles. The third kappa shape index (κ3) is 9.20. The van der Waals surface area contributed by atoms with Crippen molar-refractivity contribution in [3.05, 3.63) is 0 Å². The summed E-state index contributed by atoms with van der Waals surface area (Å²) in [6, 6.07) is 0. The fraction of sp³-hybridized carbons (Fsp3) is 0.938. The van der Waals surface area contributed by atoms with Crippen molar-refractivity contribution in [2.24, 2.45) is 0 Å². The number of hydrogen-bond donors (Lipinski definition) is 1. The van der Waals surface area contributed by atoms with Crippen LogP contribution in [-0.2, 0) is 13.6 Å². The molecule has 0 saturated carbocycles. The summed E-state index contributed by atoms with van der Waals surface area (Å²) in [5.41, 5.74) is 0. The summed E-state index contributed by atoms with van der Waals surface area (Å²) in [5.74, 6) is 0. The number of aliphatic hydroxyl groups excluding tert-OH is 1. The van der Waals surface area contributed by atoms with E-state index in [2.05, 4.69) is 67.7 Å². The van der Waals surface area contributed by atoms with E-state index in [4.69, 9.17) is 14.0 Å². The third-order valence-electron chi connectivity index (χ3n) is 4.68. The molecule has 0 aromatic heterocycles. The lowest BCUT2D eigenvalue weighted by Gasteiger charge is -2.35. The molecule has 134 valence electrons. The Hall–Kier alpha value is -0.0162. The highest BCUT2D eigenvalue weighted by molar-refractivity contribution is 6.74. The zero-order valence-corrected chi connectivity index (χ0v) is 18.4. The highest BCUT2D eigenvalue weighted by Crippen LogP contribution is 2.36. The molecule has 22 heavy (non-hydrogen) atoms. The summed E-state index contributed by atoms with van der Waals surface area (Å²) in [6.07, 6.45) is 0.820. The number of carbonyl (C=O) groups excluding carboxylic acids is 1. The van der Waals surface area contributed by atoms with Gasteiger partial charge >= 0.3 is 0 Å². The van der Waals surface area contributed by atoms with Gasteiger partial charge in [0.15, 0.2) is 16.6 Å². The van der Waals surface area contributed by atoms with E-state index in [1.807, 2.05) is 0 Å². The minimum atomic E-state index is -1.66. The number of hydrogen-bond acceptors (Lipinski definition) is 4. The SMILES string of the molecule is CC(C)(C)[Si](C)(C)OCC=O.CC(C)(C)[Si](C)(C)OCCO. The van der Waals surface area contributed by atoms with E-state index in [0.717, 1.165) is 6.29 Å². The van der Waals surface area contributed by atoms with Crippen LogP contribution < -0.4 is 0 Å². The first-order chi connectivity index (χ1) is 9.62. The summed E-state index contributed by atoms with van der Waals surface area (Å²) in [6.45, 7) is 22.5. The molecule has 0 bridgehead atoms. The van der Waals surface area contributed by atoms with Gasteiger partial charge in [-0.15, -0.1) is 0 Å². The number of aliphatic hydroxyl groups is 1. The summed E-state index contributed by atoms with van der Waals surface area (Å²) in [7, 11) is -3.24. The van der Waals surface area contributed by atoms with Crippen molar-refractivity contribution >= 4 is 22.9 Å². The first-order valence-corrected chi connectivity index (χ1v) is 13.8. The molecule has 0 spiro atoms. The molecule has 0 aromatic rings. The van der Waals surface area contributed by atoms with Crippen LogP contribution in [0, 0.1) is 0 Å². The zero-order valence-electron chi connectivity index (χ0n) is 16.4. The summed E-state index contributed by atoms with van der Waals surface area (Å²) in [5, 5.41) is 9.05. The van der Waals surface area contributed by atoms with E-state index >= 15 is 0 Å². The van der Waals surface area contributed by atoms with Crippen molar-refractivity contribution in [3.8, 4) is 0 Å². The first-order valence-electron chi connectivity index (χ1n) is 7.95. The van der Waals surface area contributed by atoms with Crippen LogP contribution in [-0.4, -0.2) is 47.8 Å².